The van der Waals surface area contributed by atoms with Gasteiger partial charge in [-0.05, 0) is 24.6 Å². The fraction of sp³-hybridized carbons (Fsp3) is 0.214. The number of carbonyl (C=O) groups excluding carboxylic acids is 1. The van der Waals surface area contributed by atoms with Crippen molar-refractivity contribution in [2.24, 2.45) is 0 Å². The Morgan fingerprint density at radius 1 is 1.32 bits per heavy atom. The molecule has 2 rings (SSSR count). The van der Waals surface area contributed by atoms with E-state index in [2.05, 4.69) is 9.97 Å². The number of hydrogen-bond acceptors (Lipinski definition) is 3. The Bertz CT molecular complexity index is 574. The maximum absolute atomic E-state index is 13.1. The van der Waals surface area contributed by atoms with E-state index in [1.165, 1.54) is 17.2 Å². The van der Waals surface area contributed by atoms with Gasteiger partial charge in [-0.3, -0.25) is 14.8 Å². The zero-order valence-corrected chi connectivity index (χ0v) is 10.7. The third-order valence-corrected chi connectivity index (χ3v) is 3.02. The zero-order valence-electron chi connectivity index (χ0n) is 10.7. The molecule has 0 spiro atoms. The van der Waals surface area contributed by atoms with Crippen molar-refractivity contribution in [1.82, 2.24) is 14.9 Å². The molecule has 1 amide bonds. The molecule has 0 aliphatic rings. The van der Waals surface area contributed by atoms with E-state index in [1.54, 1.807) is 19.4 Å². The number of carbonyl (C=O) groups is 1. The molecule has 98 valence electrons. The molecule has 0 aliphatic heterocycles. The molecule has 1 atom stereocenters. The molecule has 4 nitrogen and oxygen atoms in total. The van der Waals surface area contributed by atoms with Crippen LogP contribution in [-0.4, -0.2) is 27.8 Å². The molecular weight excluding hydrogens is 245 g/mol. The van der Waals surface area contributed by atoms with Crippen LogP contribution in [-0.2, 0) is 0 Å². The molecule has 0 bridgehead atoms. The van der Waals surface area contributed by atoms with Crippen LogP contribution < -0.4 is 0 Å². The van der Waals surface area contributed by atoms with Crippen LogP contribution in [0.3, 0.4) is 0 Å². The van der Waals surface area contributed by atoms with Gasteiger partial charge >= 0.3 is 0 Å². The molecule has 0 saturated heterocycles. The first-order valence-corrected chi connectivity index (χ1v) is 5.87. The summed E-state index contributed by atoms with van der Waals surface area (Å²) < 4.78 is 13.1. The summed E-state index contributed by atoms with van der Waals surface area (Å²) >= 11 is 0. The van der Waals surface area contributed by atoms with E-state index >= 15 is 0 Å². The summed E-state index contributed by atoms with van der Waals surface area (Å²) in [5.74, 6) is -0.795. The average molecular weight is 259 g/mol. The maximum Gasteiger partial charge on any atom is 0.255 e. The summed E-state index contributed by atoms with van der Waals surface area (Å²) in [6.07, 6.45) is 5.81. The lowest BCUT2D eigenvalue weighted by Crippen LogP contribution is -2.29. The molecule has 5 heteroatoms. The highest BCUT2D eigenvalue weighted by Gasteiger charge is 2.19. The van der Waals surface area contributed by atoms with Crippen molar-refractivity contribution in [2.45, 2.75) is 13.0 Å². The zero-order chi connectivity index (χ0) is 13.8. The second-order valence-corrected chi connectivity index (χ2v) is 4.27. The van der Waals surface area contributed by atoms with Crippen LogP contribution in [0.1, 0.15) is 28.9 Å². The first-order valence-electron chi connectivity index (χ1n) is 5.87. The van der Waals surface area contributed by atoms with Gasteiger partial charge in [-0.1, -0.05) is 6.07 Å². The van der Waals surface area contributed by atoms with Gasteiger partial charge in [0.1, 0.15) is 5.82 Å². The minimum Gasteiger partial charge on any atom is -0.335 e. The van der Waals surface area contributed by atoms with Gasteiger partial charge in [-0.25, -0.2) is 4.39 Å². The van der Waals surface area contributed by atoms with Crippen molar-refractivity contribution >= 4 is 5.91 Å². The van der Waals surface area contributed by atoms with E-state index in [-0.39, 0.29) is 17.5 Å². The number of aromatic nitrogens is 2. The second-order valence-electron chi connectivity index (χ2n) is 4.27. The van der Waals surface area contributed by atoms with Gasteiger partial charge < -0.3 is 4.90 Å². The van der Waals surface area contributed by atoms with Crippen LogP contribution >= 0.6 is 0 Å². The third-order valence-electron chi connectivity index (χ3n) is 3.02. The number of pyridine rings is 2. The molecule has 19 heavy (non-hydrogen) atoms. The van der Waals surface area contributed by atoms with Gasteiger partial charge in [-0.15, -0.1) is 0 Å². The monoisotopic (exact) mass is 259 g/mol. The molecule has 2 aromatic rings. The van der Waals surface area contributed by atoms with E-state index in [0.717, 1.165) is 11.8 Å². The molecule has 0 N–H and O–H groups in total. The topological polar surface area (TPSA) is 46.1 Å². The quantitative estimate of drug-likeness (QED) is 0.850. The Balaban J connectivity index is 2.20. The van der Waals surface area contributed by atoms with Gasteiger partial charge in [0, 0.05) is 25.6 Å². The van der Waals surface area contributed by atoms with Crippen molar-refractivity contribution in [2.75, 3.05) is 7.05 Å². The molecule has 0 fully saturated rings. The molecule has 0 radical (unpaired) electrons. The Morgan fingerprint density at radius 3 is 2.74 bits per heavy atom. The van der Waals surface area contributed by atoms with E-state index < -0.39 is 5.82 Å². The standard InChI is InChI=1S/C14H14FN3O/c1-10(11-4-3-5-16-7-11)18(2)14(19)12-6-13(15)9-17-8-12/h3-10H,1-2H3. The highest BCUT2D eigenvalue weighted by Crippen LogP contribution is 2.19. The van der Waals surface area contributed by atoms with Gasteiger partial charge in [0.25, 0.3) is 5.91 Å². The molecule has 2 heterocycles. The Morgan fingerprint density at radius 2 is 2.11 bits per heavy atom. The first-order chi connectivity index (χ1) is 9.09. The van der Waals surface area contributed by atoms with Gasteiger partial charge in [0.15, 0.2) is 0 Å². The Kier molecular flexibility index (Phi) is 3.85. The minimum atomic E-state index is -0.520. The predicted octanol–water partition coefficient (Wildman–Crippen LogP) is 2.45. The molecule has 2 aromatic heterocycles. The van der Waals surface area contributed by atoms with Crippen LogP contribution in [0, 0.1) is 5.82 Å². The summed E-state index contributed by atoms with van der Waals surface area (Å²) in [7, 11) is 1.67. The van der Waals surface area contributed by atoms with Gasteiger partial charge in [0.2, 0.25) is 0 Å². The van der Waals surface area contributed by atoms with Crippen LogP contribution in [0.25, 0.3) is 0 Å². The fourth-order valence-corrected chi connectivity index (χ4v) is 1.76. The van der Waals surface area contributed by atoms with Crippen LogP contribution in [0.15, 0.2) is 43.0 Å². The van der Waals surface area contributed by atoms with Crippen molar-refractivity contribution < 1.29 is 9.18 Å². The summed E-state index contributed by atoms with van der Waals surface area (Å²) in [6, 6.07) is 4.74. The predicted molar refractivity (Wildman–Crippen MR) is 68.9 cm³/mol. The minimum absolute atomic E-state index is 0.149. The van der Waals surface area contributed by atoms with Crippen LogP contribution in [0.5, 0.6) is 0 Å². The molecule has 1 unspecified atom stereocenters. The summed E-state index contributed by atoms with van der Waals surface area (Å²) in [4.78, 5) is 21.5. The summed E-state index contributed by atoms with van der Waals surface area (Å²) in [5, 5.41) is 0. The highest BCUT2D eigenvalue weighted by atomic mass is 19.1. The van der Waals surface area contributed by atoms with Crippen molar-refractivity contribution in [1.29, 1.82) is 0 Å². The van der Waals surface area contributed by atoms with E-state index in [9.17, 15) is 9.18 Å². The molecule has 0 aromatic carbocycles. The van der Waals surface area contributed by atoms with E-state index in [1.807, 2.05) is 19.1 Å². The van der Waals surface area contributed by atoms with Crippen molar-refractivity contribution in [3.8, 4) is 0 Å². The fourth-order valence-electron chi connectivity index (χ4n) is 1.76. The number of hydrogen-bond donors (Lipinski definition) is 0. The van der Waals surface area contributed by atoms with Crippen molar-refractivity contribution in [3.05, 3.63) is 59.9 Å². The lowest BCUT2D eigenvalue weighted by molar-refractivity contribution is 0.0741. The number of nitrogens with zero attached hydrogens (tertiary/aromatic N) is 3. The van der Waals surface area contributed by atoms with Crippen LogP contribution in [0.4, 0.5) is 4.39 Å². The first kappa shape index (κ1) is 13.1. The number of halogens is 1. The summed E-state index contributed by atoms with van der Waals surface area (Å²) in [5.41, 5.74) is 1.15. The average Bonchev–Trinajstić information content (AvgIpc) is 2.46. The number of amides is 1. The molecule has 0 saturated carbocycles. The maximum atomic E-state index is 13.1. The molecular formula is C14H14FN3O. The highest BCUT2D eigenvalue weighted by molar-refractivity contribution is 5.94. The van der Waals surface area contributed by atoms with E-state index in [0.29, 0.717) is 0 Å². The Labute approximate surface area is 110 Å². The lowest BCUT2D eigenvalue weighted by Gasteiger charge is -2.25. The van der Waals surface area contributed by atoms with Crippen LogP contribution in [0.2, 0.25) is 0 Å². The molecule has 0 aliphatic carbocycles. The van der Waals surface area contributed by atoms with E-state index in [4.69, 9.17) is 0 Å². The third kappa shape index (κ3) is 2.93. The number of rotatable bonds is 3. The SMILES string of the molecule is CC(c1cccnc1)N(C)C(=O)c1cncc(F)c1. The second kappa shape index (κ2) is 5.56. The normalized spacial score (nSPS) is 11.9. The summed E-state index contributed by atoms with van der Waals surface area (Å²) in [6.45, 7) is 1.89. The Hall–Kier alpha value is -2.30. The smallest absolute Gasteiger partial charge is 0.255 e. The largest absolute Gasteiger partial charge is 0.335 e. The van der Waals surface area contributed by atoms with Gasteiger partial charge in [0.05, 0.1) is 17.8 Å². The van der Waals surface area contributed by atoms with Crippen molar-refractivity contribution in [3.63, 3.8) is 0 Å². The lowest BCUT2D eigenvalue weighted by atomic mass is 10.1. The van der Waals surface area contributed by atoms with Gasteiger partial charge in [-0.2, -0.15) is 0 Å².